The summed E-state index contributed by atoms with van der Waals surface area (Å²) < 4.78 is 31.7. The maximum absolute atomic E-state index is 12.3. The highest BCUT2D eigenvalue weighted by Gasteiger charge is 2.23. The molecule has 0 saturated carbocycles. The Morgan fingerprint density at radius 2 is 1.90 bits per heavy atom. The van der Waals surface area contributed by atoms with E-state index in [1.165, 1.54) is 25.3 Å². The van der Waals surface area contributed by atoms with Gasteiger partial charge in [0.2, 0.25) is 10.0 Å². The Labute approximate surface area is 124 Å². The molecule has 0 aliphatic rings. The molecular weight excluding hydrogens is 302 g/mol. The van der Waals surface area contributed by atoms with E-state index in [9.17, 15) is 13.2 Å². The first-order valence-corrected chi connectivity index (χ1v) is 7.95. The number of hydrogen-bond donors (Lipinski definition) is 1. The number of carbonyl (C=O) groups is 1. The number of halogens is 1. The van der Waals surface area contributed by atoms with Crippen LogP contribution in [0.4, 0.5) is 0 Å². The van der Waals surface area contributed by atoms with Gasteiger partial charge in [0.1, 0.15) is 4.90 Å². The van der Waals surface area contributed by atoms with Crippen LogP contribution in [0.2, 0.25) is 5.02 Å². The van der Waals surface area contributed by atoms with Gasteiger partial charge in [-0.3, -0.25) is 0 Å². The van der Waals surface area contributed by atoms with E-state index in [1.54, 1.807) is 6.92 Å². The highest BCUT2D eigenvalue weighted by atomic mass is 35.5. The lowest BCUT2D eigenvalue weighted by atomic mass is 10.1. The van der Waals surface area contributed by atoms with Gasteiger partial charge in [-0.2, -0.15) is 0 Å². The molecule has 0 radical (unpaired) electrons. The van der Waals surface area contributed by atoms with Gasteiger partial charge >= 0.3 is 5.97 Å². The van der Waals surface area contributed by atoms with Crippen molar-refractivity contribution in [2.45, 2.75) is 31.7 Å². The van der Waals surface area contributed by atoms with Crippen LogP contribution >= 0.6 is 11.6 Å². The van der Waals surface area contributed by atoms with Crippen molar-refractivity contribution in [1.29, 1.82) is 0 Å². The van der Waals surface area contributed by atoms with Crippen molar-refractivity contribution >= 4 is 27.6 Å². The minimum absolute atomic E-state index is 0.0566. The molecule has 0 bridgehead atoms. The molecular formula is C13H18ClNO4S. The zero-order chi connectivity index (χ0) is 15.5. The number of hydrogen-bond acceptors (Lipinski definition) is 4. The van der Waals surface area contributed by atoms with Gasteiger partial charge in [-0.15, -0.1) is 0 Å². The molecule has 1 aromatic carbocycles. The second-order valence-corrected chi connectivity index (χ2v) is 6.88. The number of benzene rings is 1. The van der Waals surface area contributed by atoms with Crippen LogP contribution < -0.4 is 4.72 Å². The first-order chi connectivity index (χ1) is 9.19. The Morgan fingerprint density at radius 1 is 1.30 bits per heavy atom. The molecule has 0 aliphatic carbocycles. The van der Waals surface area contributed by atoms with E-state index in [0.29, 0.717) is 0 Å². The van der Waals surface area contributed by atoms with Crippen LogP contribution in [0, 0.1) is 5.92 Å². The average Bonchev–Trinajstić information content (AvgIpc) is 2.37. The molecule has 112 valence electrons. The molecule has 7 heteroatoms. The molecule has 1 N–H and O–H groups in total. The second kappa shape index (κ2) is 6.56. The summed E-state index contributed by atoms with van der Waals surface area (Å²) in [5.74, 6) is -0.484. The Bertz CT molecular complexity index is 598. The van der Waals surface area contributed by atoms with Crippen molar-refractivity contribution in [2.24, 2.45) is 5.92 Å². The summed E-state index contributed by atoms with van der Waals surface area (Å²) in [6, 6.07) is 3.74. The predicted octanol–water partition coefficient (Wildman–Crippen LogP) is 2.45. The monoisotopic (exact) mass is 319 g/mol. The van der Waals surface area contributed by atoms with Crippen molar-refractivity contribution in [3.05, 3.63) is 28.8 Å². The zero-order valence-electron chi connectivity index (χ0n) is 11.8. The Hall–Kier alpha value is -1.11. The zero-order valence-corrected chi connectivity index (χ0v) is 13.4. The normalized spacial score (nSPS) is 13.3. The Balaban J connectivity index is 3.20. The van der Waals surface area contributed by atoms with Crippen molar-refractivity contribution in [3.8, 4) is 0 Å². The fourth-order valence-electron chi connectivity index (χ4n) is 1.40. The predicted molar refractivity (Wildman–Crippen MR) is 77.4 cm³/mol. The minimum atomic E-state index is -3.79. The van der Waals surface area contributed by atoms with E-state index < -0.39 is 16.0 Å². The molecule has 0 spiro atoms. The fraction of sp³-hybridized carbons (Fsp3) is 0.462. The highest BCUT2D eigenvalue weighted by molar-refractivity contribution is 7.89. The van der Waals surface area contributed by atoms with Crippen LogP contribution in [0.25, 0.3) is 0 Å². The summed E-state index contributed by atoms with van der Waals surface area (Å²) in [7, 11) is -2.56. The first kappa shape index (κ1) is 16.9. The number of sulfonamides is 1. The third-order valence-corrected chi connectivity index (χ3v) is 5.02. The van der Waals surface area contributed by atoms with E-state index in [0.717, 1.165) is 0 Å². The topological polar surface area (TPSA) is 72.5 Å². The second-order valence-electron chi connectivity index (χ2n) is 4.79. The minimum Gasteiger partial charge on any atom is -0.465 e. The third kappa shape index (κ3) is 3.94. The van der Waals surface area contributed by atoms with E-state index >= 15 is 0 Å². The summed E-state index contributed by atoms with van der Waals surface area (Å²) in [5, 5.41) is 0.0566. The summed E-state index contributed by atoms with van der Waals surface area (Å²) in [5.41, 5.74) is 0.134. The van der Waals surface area contributed by atoms with E-state index in [-0.39, 0.29) is 27.4 Å². The SMILES string of the molecule is COC(=O)c1ccc(Cl)c(S(=O)(=O)NC(C)C(C)C)c1. The van der Waals surface area contributed by atoms with Gasteiger partial charge in [0.25, 0.3) is 0 Å². The Kier molecular flexibility index (Phi) is 5.56. The maximum Gasteiger partial charge on any atom is 0.337 e. The lowest BCUT2D eigenvalue weighted by molar-refractivity contribution is 0.0600. The molecule has 0 fully saturated rings. The molecule has 0 amide bonds. The van der Waals surface area contributed by atoms with Crippen LogP contribution in [0.1, 0.15) is 31.1 Å². The smallest absolute Gasteiger partial charge is 0.337 e. The van der Waals surface area contributed by atoms with Crippen LogP contribution in [0.3, 0.4) is 0 Å². The summed E-state index contributed by atoms with van der Waals surface area (Å²) in [4.78, 5) is 11.3. The number of esters is 1. The lowest BCUT2D eigenvalue weighted by Gasteiger charge is -2.18. The fourth-order valence-corrected chi connectivity index (χ4v) is 3.32. The van der Waals surface area contributed by atoms with E-state index in [2.05, 4.69) is 9.46 Å². The van der Waals surface area contributed by atoms with Gasteiger partial charge in [0.15, 0.2) is 0 Å². The van der Waals surface area contributed by atoms with Crippen LogP contribution in [-0.4, -0.2) is 27.5 Å². The highest BCUT2D eigenvalue weighted by Crippen LogP contribution is 2.23. The summed E-state index contributed by atoms with van der Waals surface area (Å²) in [6.45, 7) is 5.57. The molecule has 1 atom stereocenters. The lowest BCUT2D eigenvalue weighted by Crippen LogP contribution is -2.36. The quantitative estimate of drug-likeness (QED) is 0.846. The van der Waals surface area contributed by atoms with Gasteiger partial charge in [-0.25, -0.2) is 17.9 Å². The standard InChI is InChI=1S/C13H18ClNO4S/c1-8(2)9(3)15-20(17,18)12-7-10(13(16)19-4)5-6-11(12)14/h5-9,15H,1-4H3. The largest absolute Gasteiger partial charge is 0.465 e. The molecule has 0 aromatic heterocycles. The number of rotatable bonds is 5. The maximum atomic E-state index is 12.3. The van der Waals surface area contributed by atoms with Crippen LogP contribution in [0.15, 0.2) is 23.1 Å². The Morgan fingerprint density at radius 3 is 2.40 bits per heavy atom. The van der Waals surface area contributed by atoms with Crippen molar-refractivity contribution < 1.29 is 17.9 Å². The third-order valence-electron chi connectivity index (χ3n) is 2.98. The van der Waals surface area contributed by atoms with Crippen molar-refractivity contribution in [3.63, 3.8) is 0 Å². The molecule has 5 nitrogen and oxygen atoms in total. The molecule has 0 heterocycles. The number of carbonyl (C=O) groups excluding carboxylic acids is 1. The number of nitrogens with one attached hydrogen (secondary N) is 1. The average molecular weight is 320 g/mol. The van der Waals surface area contributed by atoms with Gasteiger partial charge in [-0.1, -0.05) is 25.4 Å². The molecule has 0 saturated heterocycles. The molecule has 1 aromatic rings. The van der Waals surface area contributed by atoms with E-state index in [4.69, 9.17) is 11.6 Å². The number of ether oxygens (including phenoxy) is 1. The van der Waals surface area contributed by atoms with Crippen LogP contribution in [0.5, 0.6) is 0 Å². The van der Waals surface area contributed by atoms with Gasteiger partial charge in [-0.05, 0) is 31.0 Å². The molecule has 1 unspecified atom stereocenters. The van der Waals surface area contributed by atoms with Crippen LogP contribution in [-0.2, 0) is 14.8 Å². The first-order valence-electron chi connectivity index (χ1n) is 6.09. The molecule has 0 aliphatic heterocycles. The molecule has 1 rings (SSSR count). The van der Waals surface area contributed by atoms with Gasteiger partial charge in [0.05, 0.1) is 17.7 Å². The summed E-state index contributed by atoms with van der Waals surface area (Å²) >= 11 is 5.92. The van der Waals surface area contributed by atoms with E-state index in [1.807, 2.05) is 13.8 Å². The van der Waals surface area contributed by atoms with Gasteiger partial charge in [0, 0.05) is 6.04 Å². The summed E-state index contributed by atoms with van der Waals surface area (Å²) in [6.07, 6.45) is 0. The van der Waals surface area contributed by atoms with Gasteiger partial charge < -0.3 is 4.74 Å². The number of methoxy groups -OCH3 is 1. The molecule has 20 heavy (non-hydrogen) atoms. The van der Waals surface area contributed by atoms with Crippen molar-refractivity contribution in [2.75, 3.05) is 7.11 Å². The van der Waals surface area contributed by atoms with Crippen molar-refractivity contribution in [1.82, 2.24) is 4.72 Å².